The van der Waals surface area contributed by atoms with Gasteiger partial charge in [0.25, 0.3) is 0 Å². The SMILES string of the molecule is CC(C)(C)C(NN)c1ccsn1. The maximum atomic E-state index is 5.46. The topological polar surface area (TPSA) is 50.9 Å². The Bertz CT molecular complexity index is 225. The summed E-state index contributed by atoms with van der Waals surface area (Å²) in [7, 11) is 0. The minimum atomic E-state index is 0.100. The van der Waals surface area contributed by atoms with Crippen LogP contribution in [0.15, 0.2) is 11.4 Å². The van der Waals surface area contributed by atoms with Crippen LogP contribution in [0.5, 0.6) is 0 Å². The molecular formula is C8H15N3S. The van der Waals surface area contributed by atoms with E-state index in [0.717, 1.165) is 5.69 Å². The van der Waals surface area contributed by atoms with Crippen molar-refractivity contribution in [1.29, 1.82) is 0 Å². The Morgan fingerprint density at radius 3 is 2.58 bits per heavy atom. The van der Waals surface area contributed by atoms with E-state index in [0.29, 0.717) is 0 Å². The molecule has 0 aliphatic heterocycles. The third-order valence-corrected chi connectivity index (χ3v) is 2.36. The summed E-state index contributed by atoms with van der Waals surface area (Å²) < 4.78 is 4.25. The van der Waals surface area contributed by atoms with Gasteiger partial charge in [-0.1, -0.05) is 20.8 Å². The lowest BCUT2D eigenvalue weighted by Gasteiger charge is -2.28. The lowest BCUT2D eigenvalue weighted by atomic mass is 9.85. The van der Waals surface area contributed by atoms with E-state index >= 15 is 0 Å². The maximum Gasteiger partial charge on any atom is 0.0730 e. The number of rotatable bonds is 2. The summed E-state index contributed by atoms with van der Waals surface area (Å²) in [4.78, 5) is 0. The van der Waals surface area contributed by atoms with Crippen LogP contribution >= 0.6 is 11.5 Å². The van der Waals surface area contributed by atoms with Crippen LogP contribution in [0.2, 0.25) is 0 Å². The maximum absolute atomic E-state index is 5.46. The summed E-state index contributed by atoms with van der Waals surface area (Å²) in [6.07, 6.45) is 0. The second-order valence-corrected chi connectivity index (χ2v) is 4.56. The van der Waals surface area contributed by atoms with Crippen molar-refractivity contribution < 1.29 is 0 Å². The van der Waals surface area contributed by atoms with Gasteiger partial charge in [-0.15, -0.1) is 0 Å². The zero-order chi connectivity index (χ0) is 9.19. The van der Waals surface area contributed by atoms with Crippen molar-refractivity contribution in [3.8, 4) is 0 Å². The van der Waals surface area contributed by atoms with E-state index in [1.165, 1.54) is 11.5 Å². The van der Waals surface area contributed by atoms with Gasteiger partial charge < -0.3 is 0 Å². The Balaban J connectivity index is 2.84. The number of hydrogen-bond donors (Lipinski definition) is 2. The highest BCUT2D eigenvalue weighted by Gasteiger charge is 2.26. The van der Waals surface area contributed by atoms with Crippen LogP contribution in [0.4, 0.5) is 0 Å². The summed E-state index contributed by atoms with van der Waals surface area (Å²) in [5.74, 6) is 5.46. The van der Waals surface area contributed by atoms with E-state index in [-0.39, 0.29) is 11.5 Å². The van der Waals surface area contributed by atoms with Crippen molar-refractivity contribution in [2.45, 2.75) is 26.8 Å². The van der Waals surface area contributed by atoms with E-state index in [4.69, 9.17) is 5.84 Å². The summed E-state index contributed by atoms with van der Waals surface area (Å²) in [6.45, 7) is 6.41. The van der Waals surface area contributed by atoms with Crippen LogP contribution in [0.1, 0.15) is 32.5 Å². The first-order valence-corrected chi connectivity index (χ1v) is 4.76. The highest BCUT2D eigenvalue weighted by atomic mass is 32.1. The van der Waals surface area contributed by atoms with Gasteiger partial charge >= 0.3 is 0 Å². The molecule has 1 unspecified atom stereocenters. The molecule has 0 saturated carbocycles. The molecule has 0 radical (unpaired) electrons. The van der Waals surface area contributed by atoms with Gasteiger partial charge in [-0.2, -0.15) is 4.37 Å². The zero-order valence-corrected chi connectivity index (χ0v) is 8.48. The molecule has 0 aromatic carbocycles. The van der Waals surface area contributed by atoms with Gasteiger partial charge in [0.15, 0.2) is 0 Å². The van der Waals surface area contributed by atoms with Crippen LogP contribution < -0.4 is 11.3 Å². The fraction of sp³-hybridized carbons (Fsp3) is 0.625. The van der Waals surface area contributed by atoms with E-state index in [1.54, 1.807) is 0 Å². The lowest BCUT2D eigenvalue weighted by Crippen LogP contribution is -2.37. The Labute approximate surface area is 77.1 Å². The fourth-order valence-electron chi connectivity index (χ4n) is 1.15. The Kier molecular flexibility index (Phi) is 2.82. The Morgan fingerprint density at radius 2 is 2.25 bits per heavy atom. The van der Waals surface area contributed by atoms with Crippen LogP contribution in [0.3, 0.4) is 0 Å². The van der Waals surface area contributed by atoms with Crippen LogP contribution in [0.25, 0.3) is 0 Å². The molecule has 0 saturated heterocycles. The molecule has 0 amide bonds. The van der Waals surface area contributed by atoms with E-state index in [1.807, 2.05) is 11.4 Å². The van der Waals surface area contributed by atoms with Gasteiger partial charge in [0.2, 0.25) is 0 Å². The number of nitrogens with two attached hydrogens (primary N) is 1. The summed E-state index contributed by atoms with van der Waals surface area (Å²) in [6, 6.07) is 2.13. The molecule has 1 aromatic rings. The number of nitrogens with zero attached hydrogens (tertiary/aromatic N) is 1. The van der Waals surface area contributed by atoms with Gasteiger partial charge in [-0.05, 0) is 23.0 Å². The normalized spacial score (nSPS) is 14.7. The monoisotopic (exact) mass is 185 g/mol. The summed E-state index contributed by atoms with van der Waals surface area (Å²) in [5.41, 5.74) is 3.91. The first kappa shape index (κ1) is 9.64. The van der Waals surface area contributed by atoms with Crippen molar-refractivity contribution in [3.05, 3.63) is 17.1 Å². The minimum Gasteiger partial charge on any atom is -0.271 e. The molecule has 3 N–H and O–H groups in total. The predicted octanol–water partition coefficient (Wildman–Crippen LogP) is 1.69. The van der Waals surface area contributed by atoms with Gasteiger partial charge in [0, 0.05) is 5.38 Å². The highest BCUT2D eigenvalue weighted by molar-refractivity contribution is 7.03. The molecule has 68 valence electrons. The van der Waals surface area contributed by atoms with Crippen molar-refractivity contribution in [2.75, 3.05) is 0 Å². The molecule has 3 nitrogen and oxygen atoms in total. The average Bonchev–Trinajstić information content (AvgIpc) is 2.38. The van der Waals surface area contributed by atoms with Crippen molar-refractivity contribution in [1.82, 2.24) is 9.80 Å². The molecule has 1 atom stereocenters. The van der Waals surface area contributed by atoms with Crippen molar-refractivity contribution in [3.63, 3.8) is 0 Å². The number of hydrogen-bond acceptors (Lipinski definition) is 4. The van der Waals surface area contributed by atoms with Crippen LogP contribution in [0, 0.1) is 5.41 Å². The van der Waals surface area contributed by atoms with Crippen LogP contribution in [-0.2, 0) is 0 Å². The molecule has 0 spiro atoms. The molecule has 4 heteroatoms. The van der Waals surface area contributed by atoms with Gasteiger partial charge in [0.05, 0.1) is 11.7 Å². The van der Waals surface area contributed by atoms with Crippen molar-refractivity contribution in [2.24, 2.45) is 11.3 Å². The second-order valence-electron chi connectivity index (χ2n) is 3.89. The summed E-state index contributed by atoms with van der Waals surface area (Å²) >= 11 is 1.45. The Hall–Kier alpha value is -0.450. The molecule has 0 aliphatic rings. The number of hydrazine groups is 1. The first-order valence-electron chi connectivity index (χ1n) is 3.92. The third-order valence-electron chi connectivity index (χ3n) is 1.79. The van der Waals surface area contributed by atoms with Gasteiger partial charge in [-0.25, -0.2) is 0 Å². The van der Waals surface area contributed by atoms with E-state index in [2.05, 4.69) is 30.6 Å². The molecule has 1 heterocycles. The molecule has 1 aromatic heterocycles. The Morgan fingerprint density at radius 1 is 1.58 bits per heavy atom. The predicted molar refractivity (Wildman–Crippen MR) is 51.6 cm³/mol. The van der Waals surface area contributed by atoms with E-state index in [9.17, 15) is 0 Å². The summed E-state index contributed by atoms with van der Waals surface area (Å²) in [5, 5.41) is 1.96. The molecule has 0 aliphatic carbocycles. The molecular weight excluding hydrogens is 170 g/mol. The van der Waals surface area contributed by atoms with Gasteiger partial charge in [-0.3, -0.25) is 11.3 Å². The standard InChI is InChI=1S/C8H15N3S/c1-8(2,3)7(10-9)6-4-5-12-11-6/h4-5,7,10H,9H2,1-3H3. The molecule has 12 heavy (non-hydrogen) atoms. The molecule has 1 rings (SSSR count). The first-order chi connectivity index (χ1) is 5.55. The second kappa shape index (κ2) is 3.51. The third kappa shape index (κ3) is 2.03. The number of nitrogens with one attached hydrogen (secondary N) is 1. The minimum absolute atomic E-state index is 0.100. The molecule has 0 bridgehead atoms. The highest BCUT2D eigenvalue weighted by Crippen LogP contribution is 2.31. The van der Waals surface area contributed by atoms with E-state index < -0.39 is 0 Å². The average molecular weight is 185 g/mol. The molecule has 0 fully saturated rings. The smallest absolute Gasteiger partial charge is 0.0730 e. The lowest BCUT2D eigenvalue weighted by molar-refractivity contribution is 0.271. The largest absolute Gasteiger partial charge is 0.271 e. The van der Waals surface area contributed by atoms with Crippen LogP contribution in [-0.4, -0.2) is 4.37 Å². The quantitative estimate of drug-likeness (QED) is 0.544. The fourth-order valence-corrected chi connectivity index (χ4v) is 1.70. The van der Waals surface area contributed by atoms with Crippen molar-refractivity contribution >= 4 is 11.5 Å². The van der Waals surface area contributed by atoms with Gasteiger partial charge in [0.1, 0.15) is 0 Å². The number of aromatic nitrogens is 1. The zero-order valence-electron chi connectivity index (χ0n) is 7.66.